The Labute approximate surface area is 156 Å². The molecule has 25 heavy (non-hydrogen) atoms. The maximum atomic E-state index is 12.5. The number of benzene rings is 2. The maximum Gasteiger partial charge on any atom is 0.244 e. The third-order valence-electron chi connectivity index (χ3n) is 3.78. The van der Waals surface area contributed by atoms with Crippen molar-refractivity contribution in [1.29, 1.82) is 0 Å². The Morgan fingerprint density at radius 1 is 1.16 bits per heavy atom. The molecular weight excluding hydrogens is 336 g/mol. The highest BCUT2D eigenvalue weighted by molar-refractivity contribution is 5.87. The van der Waals surface area contributed by atoms with Crippen LogP contribution in [0.4, 0.5) is 0 Å². The number of carbonyl (C=O) groups excluding carboxylic acids is 1. The number of nitrogens with two attached hydrogens (primary N) is 1. The summed E-state index contributed by atoms with van der Waals surface area (Å²) >= 11 is 0. The van der Waals surface area contributed by atoms with E-state index in [2.05, 4.69) is 19.2 Å². The molecule has 0 spiro atoms. The molecule has 0 radical (unpaired) electrons. The maximum absolute atomic E-state index is 12.5. The van der Waals surface area contributed by atoms with Gasteiger partial charge in [0.1, 0.15) is 11.3 Å². The van der Waals surface area contributed by atoms with Crippen LogP contribution in [0.1, 0.15) is 31.9 Å². The fourth-order valence-corrected chi connectivity index (χ4v) is 2.29. The van der Waals surface area contributed by atoms with Gasteiger partial charge in [-0.15, -0.1) is 12.4 Å². The molecule has 0 fully saturated rings. The molecule has 1 atom stereocenters. The highest BCUT2D eigenvalue weighted by Crippen LogP contribution is 2.18. The molecule has 0 bridgehead atoms. The summed E-state index contributed by atoms with van der Waals surface area (Å²) in [5, 5.41) is 2.91. The van der Waals surface area contributed by atoms with Crippen LogP contribution in [0.2, 0.25) is 0 Å². The molecule has 0 aliphatic rings. The third-order valence-corrected chi connectivity index (χ3v) is 3.78. The number of amides is 1. The SMILES string of the molecule is CC(C)COc1cccc(CNC(=O)C(C)(N)c2ccccc2)c1.Cl. The van der Waals surface area contributed by atoms with Crippen molar-refractivity contribution >= 4 is 18.3 Å². The van der Waals surface area contributed by atoms with Gasteiger partial charge in [0.25, 0.3) is 0 Å². The quantitative estimate of drug-likeness (QED) is 0.790. The van der Waals surface area contributed by atoms with Gasteiger partial charge in [-0.25, -0.2) is 0 Å². The van der Waals surface area contributed by atoms with E-state index in [4.69, 9.17) is 10.5 Å². The molecule has 5 heteroatoms. The van der Waals surface area contributed by atoms with Crippen molar-refractivity contribution in [3.8, 4) is 5.75 Å². The van der Waals surface area contributed by atoms with E-state index in [0.717, 1.165) is 16.9 Å². The van der Waals surface area contributed by atoms with E-state index in [1.54, 1.807) is 6.92 Å². The summed E-state index contributed by atoms with van der Waals surface area (Å²) in [6, 6.07) is 17.1. The number of nitrogens with one attached hydrogen (secondary N) is 1. The van der Waals surface area contributed by atoms with Gasteiger partial charge in [-0.05, 0) is 36.1 Å². The molecule has 136 valence electrons. The lowest BCUT2D eigenvalue weighted by Gasteiger charge is -2.24. The molecule has 1 amide bonds. The van der Waals surface area contributed by atoms with Crippen LogP contribution in [0.25, 0.3) is 0 Å². The van der Waals surface area contributed by atoms with E-state index < -0.39 is 5.54 Å². The van der Waals surface area contributed by atoms with Gasteiger partial charge in [0.05, 0.1) is 6.61 Å². The van der Waals surface area contributed by atoms with E-state index in [0.29, 0.717) is 19.1 Å². The predicted molar refractivity (Wildman–Crippen MR) is 104 cm³/mol. The summed E-state index contributed by atoms with van der Waals surface area (Å²) in [7, 11) is 0. The normalized spacial score (nSPS) is 12.8. The first-order chi connectivity index (χ1) is 11.4. The minimum Gasteiger partial charge on any atom is -0.493 e. The van der Waals surface area contributed by atoms with Crippen LogP contribution in [0.15, 0.2) is 54.6 Å². The first kappa shape index (κ1) is 21.0. The number of carbonyl (C=O) groups is 1. The van der Waals surface area contributed by atoms with Gasteiger partial charge in [-0.2, -0.15) is 0 Å². The number of hydrogen-bond acceptors (Lipinski definition) is 3. The molecule has 0 saturated carbocycles. The second-order valence-corrected chi connectivity index (χ2v) is 6.60. The average Bonchev–Trinajstić information content (AvgIpc) is 2.59. The van der Waals surface area contributed by atoms with Crippen LogP contribution in [0, 0.1) is 5.92 Å². The third kappa shape index (κ3) is 6.07. The lowest BCUT2D eigenvalue weighted by Crippen LogP contribution is -2.48. The van der Waals surface area contributed by atoms with Crippen LogP contribution in [0.3, 0.4) is 0 Å². The van der Waals surface area contributed by atoms with Crippen molar-refractivity contribution in [2.45, 2.75) is 32.9 Å². The molecule has 1 unspecified atom stereocenters. The summed E-state index contributed by atoms with van der Waals surface area (Å²) in [5.41, 5.74) is 6.93. The van der Waals surface area contributed by atoms with Gasteiger partial charge >= 0.3 is 0 Å². The van der Waals surface area contributed by atoms with Crippen LogP contribution in [0.5, 0.6) is 5.75 Å². The molecule has 3 N–H and O–H groups in total. The van der Waals surface area contributed by atoms with E-state index in [9.17, 15) is 4.79 Å². The highest BCUT2D eigenvalue weighted by Gasteiger charge is 2.29. The first-order valence-corrected chi connectivity index (χ1v) is 8.24. The van der Waals surface area contributed by atoms with Gasteiger partial charge in [0, 0.05) is 6.54 Å². The Balaban J connectivity index is 0.00000312. The molecule has 2 aromatic carbocycles. The minimum atomic E-state index is -1.06. The molecule has 2 aromatic rings. The largest absolute Gasteiger partial charge is 0.493 e. The van der Waals surface area contributed by atoms with Crippen LogP contribution >= 0.6 is 12.4 Å². The van der Waals surface area contributed by atoms with Crippen LogP contribution in [-0.2, 0) is 16.9 Å². The first-order valence-electron chi connectivity index (χ1n) is 8.24. The van der Waals surface area contributed by atoms with Crippen molar-refractivity contribution in [1.82, 2.24) is 5.32 Å². The van der Waals surface area contributed by atoms with Gasteiger partial charge in [0.15, 0.2) is 0 Å². The predicted octanol–water partition coefficient (Wildman–Crippen LogP) is 3.63. The number of rotatable bonds is 7. The lowest BCUT2D eigenvalue weighted by atomic mass is 9.92. The standard InChI is InChI=1S/C20H26N2O2.ClH/c1-15(2)14-24-18-11-7-8-16(12-18)13-22-19(23)20(3,21)17-9-5-4-6-10-17;/h4-12,15H,13-14,21H2,1-3H3,(H,22,23);1H. The van der Waals surface area contributed by atoms with Gasteiger partial charge in [-0.3, -0.25) is 4.79 Å². The topological polar surface area (TPSA) is 64.3 Å². The van der Waals surface area contributed by atoms with Gasteiger partial charge in [0.2, 0.25) is 5.91 Å². The highest BCUT2D eigenvalue weighted by atomic mass is 35.5. The minimum absolute atomic E-state index is 0. The fourth-order valence-electron chi connectivity index (χ4n) is 2.29. The summed E-state index contributed by atoms with van der Waals surface area (Å²) in [6.45, 7) is 7.02. The smallest absolute Gasteiger partial charge is 0.244 e. The summed E-state index contributed by atoms with van der Waals surface area (Å²) in [5.74, 6) is 1.08. The molecule has 2 rings (SSSR count). The summed E-state index contributed by atoms with van der Waals surface area (Å²) in [4.78, 5) is 12.5. The zero-order valence-corrected chi connectivity index (χ0v) is 15.8. The molecule has 0 aliphatic carbocycles. The zero-order chi connectivity index (χ0) is 17.6. The van der Waals surface area contributed by atoms with E-state index >= 15 is 0 Å². The molecule has 0 heterocycles. The Hall–Kier alpha value is -2.04. The fraction of sp³-hybridized carbons (Fsp3) is 0.350. The molecule has 4 nitrogen and oxygen atoms in total. The van der Waals surface area contributed by atoms with Crippen molar-refractivity contribution in [3.63, 3.8) is 0 Å². The Morgan fingerprint density at radius 3 is 2.48 bits per heavy atom. The summed E-state index contributed by atoms with van der Waals surface area (Å²) < 4.78 is 5.71. The van der Waals surface area contributed by atoms with E-state index in [1.807, 2.05) is 54.6 Å². The van der Waals surface area contributed by atoms with Crippen molar-refractivity contribution in [2.24, 2.45) is 11.7 Å². The second-order valence-electron chi connectivity index (χ2n) is 6.60. The van der Waals surface area contributed by atoms with E-state index in [1.165, 1.54) is 0 Å². The average molecular weight is 363 g/mol. The number of ether oxygens (including phenoxy) is 1. The summed E-state index contributed by atoms with van der Waals surface area (Å²) in [6.07, 6.45) is 0. The Morgan fingerprint density at radius 2 is 1.84 bits per heavy atom. The van der Waals surface area contributed by atoms with Crippen molar-refractivity contribution in [3.05, 3.63) is 65.7 Å². The van der Waals surface area contributed by atoms with Gasteiger partial charge in [-0.1, -0.05) is 56.3 Å². The van der Waals surface area contributed by atoms with Gasteiger partial charge < -0.3 is 15.8 Å². The molecule has 0 aliphatic heterocycles. The van der Waals surface area contributed by atoms with Crippen molar-refractivity contribution in [2.75, 3.05) is 6.61 Å². The Bertz CT molecular complexity index is 672. The zero-order valence-electron chi connectivity index (χ0n) is 15.0. The molecule has 0 saturated heterocycles. The second kappa shape index (κ2) is 9.44. The molecular formula is C20H27ClN2O2. The van der Waals surface area contributed by atoms with Crippen molar-refractivity contribution < 1.29 is 9.53 Å². The molecule has 0 aromatic heterocycles. The monoisotopic (exact) mass is 362 g/mol. The van der Waals surface area contributed by atoms with Crippen LogP contribution in [-0.4, -0.2) is 12.5 Å². The number of halogens is 1. The van der Waals surface area contributed by atoms with E-state index in [-0.39, 0.29) is 18.3 Å². The Kier molecular flexibility index (Phi) is 7.94. The van der Waals surface area contributed by atoms with Crippen LogP contribution < -0.4 is 15.8 Å². The lowest BCUT2D eigenvalue weighted by molar-refractivity contribution is -0.126. The number of hydrogen-bond donors (Lipinski definition) is 2.